The number of hydrogen-bond acceptors (Lipinski definition) is 0. The first-order chi connectivity index (χ1) is 5.61. The maximum Gasteiger partial charge on any atom is 0.126 e. The van der Waals surface area contributed by atoms with E-state index >= 15 is 0 Å². The molecule has 0 amide bonds. The second-order valence-corrected chi connectivity index (χ2v) is 4.27. The molecule has 0 aliphatic heterocycles. The zero-order valence-electron chi connectivity index (χ0n) is 7.47. The molecular formula is C11H13F. The summed E-state index contributed by atoms with van der Waals surface area (Å²) in [5.74, 6) is 0.395. The van der Waals surface area contributed by atoms with Crippen molar-refractivity contribution in [1.29, 1.82) is 0 Å². The van der Waals surface area contributed by atoms with Crippen molar-refractivity contribution in [3.63, 3.8) is 0 Å². The maximum atomic E-state index is 13.2. The molecule has 2 rings (SSSR count). The molecule has 1 aliphatic carbocycles. The molecule has 0 radical (unpaired) electrons. The van der Waals surface area contributed by atoms with E-state index in [0.29, 0.717) is 11.3 Å². The third kappa shape index (κ3) is 1.13. The Morgan fingerprint density at radius 3 is 2.42 bits per heavy atom. The van der Waals surface area contributed by atoms with Crippen LogP contribution in [0.1, 0.15) is 31.7 Å². The Labute approximate surface area is 72.4 Å². The number of halogens is 1. The van der Waals surface area contributed by atoms with Crippen LogP contribution in [0.2, 0.25) is 0 Å². The maximum absolute atomic E-state index is 13.2. The summed E-state index contributed by atoms with van der Waals surface area (Å²) in [6.45, 7) is 4.37. The van der Waals surface area contributed by atoms with Gasteiger partial charge in [-0.15, -0.1) is 0 Å². The van der Waals surface area contributed by atoms with Crippen LogP contribution >= 0.6 is 0 Å². The highest BCUT2D eigenvalue weighted by Crippen LogP contribution is 2.58. The van der Waals surface area contributed by atoms with Gasteiger partial charge in [0, 0.05) is 0 Å². The Morgan fingerprint density at radius 2 is 1.92 bits per heavy atom. The molecule has 1 aromatic rings. The van der Waals surface area contributed by atoms with Crippen molar-refractivity contribution in [3.05, 3.63) is 35.6 Å². The van der Waals surface area contributed by atoms with E-state index in [0.717, 1.165) is 12.0 Å². The van der Waals surface area contributed by atoms with Gasteiger partial charge in [0.05, 0.1) is 0 Å². The summed E-state index contributed by atoms with van der Waals surface area (Å²) in [5, 5.41) is 0. The molecule has 0 saturated heterocycles. The van der Waals surface area contributed by atoms with E-state index in [2.05, 4.69) is 13.8 Å². The second kappa shape index (κ2) is 2.32. The summed E-state index contributed by atoms with van der Waals surface area (Å²) in [5.41, 5.74) is 1.21. The highest BCUT2D eigenvalue weighted by atomic mass is 19.1. The van der Waals surface area contributed by atoms with Crippen LogP contribution in [0, 0.1) is 11.2 Å². The van der Waals surface area contributed by atoms with Crippen LogP contribution in [0.5, 0.6) is 0 Å². The van der Waals surface area contributed by atoms with Crippen molar-refractivity contribution in [1.82, 2.24) is 0 Å². The Balaban J connectivity index is 2.31. The van der Waals surface area contributed by atoms with Gasteiger partial charge < -0.3 is 0 Å². The molecule has 1 aromatic carbocycles. The van der Waals surface area contributed by atoms with Crippen LogP contribution in [0.3, 0.4) is 0 Å². The summed E-state index contributed by atoms with van der Waals surface area (Å²) in [6.07, 6.45) is 1.12. The molecule has 1 fully saturated rings. The van der Waals surface area contributed by atoms with E-state index in [4.69, 9.17) is 0 Å². The average Bonchev–Trinajstić information content (AvgIpc) is 2.61. The van der Waals surface area contributed by atoms with Gasteiger partial charge in [-0.1, -0.05) is 32.0 Å². The topological polar surface area (TPSA) is 0 Å². The standard InChI is InChI=1S/C11H13F/c1-11(2)7-9(11)8-5-3-4-6-10(8)12/h3-6,9H,7H2,1-2H3/t9-/m0/s1. The lowest BCUT2D eigenvalue weighted by atomic mass is 10.0. The van der Waals surface area contributed by atoms with Crippen LogP contribution < -0.4 is 0 Å². The smallest absolute Gasteiger partial charge is 0.126 e. The van der Waals surface area contributed by atoms with Crippen molar-refractivity contribution >= 4 is 0 Å². The van der Waals surface area contributed by atoms with Gasteiger partial charge in [0.15, 0.2) is 0 Å². The molecule has 12 heavy (non-hydrogen) atoms. The van der Waals surface area contributed by atoms with Crippen molar-refractivity contribution < 1.29 is 4.39 Å². The lowest BCUT2D eigenvalue weighted by Crippen LogP contribution is -1.92. The lowest BCUT2D eigenvalue weighted by molar-refractivity contribution is 0.577. The molecule has 0 nitrogen and oxygen atoms in total. The van der Waals surface area contributed by atoms with Crippen LogP contribution in [-0.2, 0) is 0 Å². The lowest BCUT2D eigenvalue weighted by Gasteiger charge is -2.03. The van der Waals surface area contributed by atoms with Gasteiger partial charge in [-0.3, -0.25) is 0 Å². The van der Waals surface area contributed by atoms with Gasteiger partial charge in [-0.05, 0) is 29.4 Å². The van der Waals surface area contributed by atoms with E-state index in [-0.39, 0.29) is 5.82 Å². The Kier molecular flexibility index (Phi) is 1.50. The van der Waals surface area contributed by atoms with E-state index in [9.17, 15) is 4.39 Å². The van der Waals surface area contributed by atoms with Crippen molar-refractivity contribution in [2.45, 2.75) is 26.2 Å². The predicted molar refractivity (Wildman–Crippen MR) is 47.5 cm³/mol. The van der Waals surface area contributed by atoms with Crippen molar-refractivity contribution in [2.24, 2.45) is 5.41 Å². The minimum Gasteiger partial charge on any atom is -0.207 e. The van der Waals surface area contributed by atoms with E-state index in [1.54, 1.807) is 12.1 Å². The van der Waals surface area contributed by atoms with E-state index in [1.165, 1.54) is 0 Å². The highest BCUT2D eigenvalue weighted by molar-refractivity contribution is 5.29. The molecule has 64 valence electrons. The summed E-state index contributed by atoms with van der Waals surface area (Å²) in [6, 6.07) is 7.10. The number of rotatable bonds is 1. The summed E-state index contributed by atoms with van der Waals surface area (Å²) in [4.78, 5) is 0. The zero-order valence-corrected chi connectivity index (χ0v) is 7.47. The predicted octanol–water partition coefficient (Wildman–Crippen LogP) is 3.34. The van der Waals surface area contributed by atoms with Crippen LogP contribution in [-0.4, -0.2) is 0 Å². The largest absolute Gasteiger partial charge is 0.207 e. The summed E-state index contributed by atoms with van der Waals surface area (Å²) in [7, 11) is 0. The zero-order chi connectivity index (χ0) is 8.77. The second-order valence-electron chi connectivity index (χ2n) is 4.27. The molecular weight excluding hydrogens is 151 g/mol. The normalized spacial score (nSPS) is 25.4. The minimum absolute atomic E-state index is 0.0481. The molecule has 0 aromatic heterocycles. The van der Waals surface area contributed by atoms with E-state index in [1.807, 2.05) is 12.1 Å². The van der Waals surface area contributed by atoms with Gasteiger partial charge in [-0.2, -0.15) is 0 Å². The molecule has 1 atom stereocenters. The van der Waals surface area contributed by atoms with Crippen LogP contribution in [0.15, 0.2) is 24.3 Å². The Bertz CT molecular complexity index is 302. The molecule has 0 bridgehead atoms. The van der Waals surface area contributed by atoms with Gasteiger partial charge in [-0.25, -0.2) is 4.39 Å². The van der Waals surface area contributed by atoms with Gasteiger partial charge in [0.2, 0.25) is 0 Å². The molecule has 0 spiro atoms. The third-order valence-corrected chi connectivity index (χ3v) is 2.79. The van der Waals surface area contributed by atoms with E-state index < -0.39 is 0 Å². The van der Waals surface area contributed by atoms with Crippen molar-refractivity contribution in [2.75, 3.05) is 0 Å². The quantitative estimate of drug-likeness (QED) is 0.597. The Hall–Kier alpha value is -0.850. The van der Waals surface area contributed by atoms with Gasteiger partial charge in [0.25, 0.3) is 0 Å². The monoisotopic (exact) mass is 164 g/mol. The van der Waals surface area contributed by atoms with Gasteiger partial charge >= 0.3 is 0 Å². The van der Waals surface area contributed by atoms with Crippen LogP contribution in [0.4, 0.5) is 4.39 Å². The SMILES string of the molecule is CC1(C)C[C@H]1c1ccccc1F. The van der Waals surface area contributed by atoms with Crippen molar-refractivity contribution in [3.8, 4) is 0 Å². The Morgan fingerprint density at radius 1 is 1.33 bits per heavy atom. The minimum atomic E-state index is -0.0481. The molecule has 1 heteroatoms. The first kappa shape index (κ1) is 7.78. The molecule has 1 saturated carbocycles. The fourth-order valence-electron chi connectivity index (χ4n) is 1.76. The molecule has 1 aliphatic rings. The average molecular weight is 164 g/mol. The highest BCUT2D eigenvalue weighted by Gasteiger charge is 2.47. The molecule has 0 unspecified atom stereocenters. The molecule has 0 heterocycles. The fraction of sp³-hybridized carbons (Fsp3) is 0.455. The molecule has 0 N–H and O–H groups in total. The number of hydrogen-bond donors (Lipinski definition) is 0. The fourth-order valence-corrected chi connectivity index (χ4v) is 1.76. The summed E-state index contributed by atoms with van der Waals surface area (Å²) >= 11 is 0. The van der Waals surface area contributed by atoms with Gasteiger partial charge in [0.1, 0.15) is 5.82 Å². The first-order valence-electron chi connectivity index (χ1n) is 4.36. The van der Waals surface area contributed by atoms with Crippen LogP contribution in [0.25, 0.3) is 0 Å². The first-order valence-corrected chi connectivity index (χ1v) is 4.36. The number of benzene rings is 1. The summed E-state index contributed by atoms with van der Waals surface area (Å²) < 4.78 is 13.2. The third-order valence-electron chi connectivity index (χ3n) is 2.79.